The quantitative estimate of drug-likeness (QED) is 0.887. The smallest absolute Gasteiger partial charge is 0.265 e. The number of nitrogens with one attached hydrogen (secondary N) is 2. The summed E-state index contributed by atoms with van der Waals surface area (Å²) in [6, 6.07) is 4.55. The van der Waals surface area contributed by atoms with E-state index in [-0.39, 0.29) is 10.6 Å². The van der Waals surface area contributed by atoms with Gasteiger partial charge in [-0.25, -0.2) is 12.8 Å². The molecule has 0 amide bonds. The molecule has 0 spiro atoms. The molecule has 0 bridgehead atoms. The van der Waals surface area contributed by atoms with Gasteiger partial charge in [0.1, 0.15) is 10.7 Å². The number of nitrogens with zero attached hydrogens (tertiary/aromatic N) is 2. The fraction of sp³-hybridized carbons (Fsp3) is 0.438. The van der Waals surface area contributed by atoms with Crippen LogP contribution in [0.15, 0.2) is 23.1 Å². The van der Waals surface area contributed by atoms with E-state index in [2.05, 4.69) is 19.8 Å². The third-order valence-electron chi connectivity index (χ3n) is 4.24. The van der Waals surface area contributed by atoms with Crippen molar-refractivity contribution in [2.75, 3.05) is 22.7 Å². The highest BCUT2D eigenvalue weighted by Gasteiger charge is 2.24. The third-order valence-corrected chi connectivity index (χ3v) is 5.87. The van der Waals surface area contributed by atoms with Crippen molar-refractivity contribution in [1.29, 1.82) is 0 Å². The molecule has 1 saturated heterocycles. The van der Waals surface area contributed by atoms with Gasteiger partial charge in [-0.1, -0.05) is 0 Å². The predicted molar refractivity (Wildman–Crippen MR) is 91.3 cm³/mol. The fourth-order valence-corrected chi connectivity index (χ4v) is 4.50. The van der Waals surface area contributed by atoms with E-state index < -0.39 is 15.8 Å². The second kappa shape index (κ2) is 6.43. The van der Waals surface area contributed by atoms with Crippen molar-refractivity contribution in [1.82, 2.24) is 10.2 Å². The number of benzene rings is 1. The zero-order chi connectivity index (χ0) is 17.3. The number of anilines is 2. The van der Waals surface area contributed by atoms with Crippen LogP contribution < -0.4 is 9.62 Å². The Kier molecular flexibility index (Phi) is 4.49. The summed E-state index contributed by atoms with van der Waals surface area (Å²) in [6.07, 6.45) is 3.37. The first-order valence-electron chi connectivity index (χ1n) is 7.97. The molecule has 2 N–H and O–H groups in total. The number of rotatable bonds is 4. The number of halogens is 1. The molecule has 1 fully saturated rings. The zero-order valence-corrected chi connectivity index (χ0v) is 14.6. The molecule has 24 heavy (non-hydrogen) atoms. The van der Waals surface area contributed by atoms with Crippen molar-refractivity contribution >= 4 is 21.4 Å². The second-order valence-electron chi connectivity index (χ2n) is 6.08. The van der Waals surface area contributed by atoms with E-state index in [1.165, 1.54) is 12.5 Å². The van der Waals surface area contributed by atoms with Crippen LogP contribution in [0.25, 0.3) is 0 Å². The van der Waals surface area contributed by atoms with Crippen LogP contribution in [-0.4, -0.2) is 31.7 Å². The predicted octanol–water partition coefficient (Wildman–Crippen LogP) is 2.96. The lowest BCUT2D eigenvalue weighted by atomic mass is 10.1. The van der Waals surface area contributed by atoms with E-state index in [1.54, 1.807) is 26.0 Å². The van der Waals surface area contributed by atoms with Crippen LogP contribution in [0.5, 0.6) is 0 Å². The van der Waals surface area contributed by atoms with Gasteiger partial charge in [0.15, 0.2) is 0 Å². The maximum atomic E-state index is 14.1. The van der Waals surface area contributed by atoms with Gasteiger partial charge in [0, 0.05) is 18.8 Å². The Morgan fingerprint density at radius 3 is 2.54 bits per heavy atom. The third kappa shape index (κ3) is 3.24. The second-order valence-corrected chi connectivity index (χ2v) is 7.70. The normalized spacial score (nSPS) is 15.5. The maximum absolute atomic E-state index is 14.1. The standard InChI is InChI=1S/C16H21FN4O2S/c1-11-16(12(2)19-18-11)24(22,23)20-15-10-13(6-7-14(15)17)21-8-4-3-5-9-21/h6-7,10,20H,3-5,8-9H2,1-2H3,(H,18,19). The average molecular weight is 352 g/mol. The maximum Gasteiger partial charge on any atom is 0.265 e. The molecule has 0 radical (unpaired) electrons. The Morgan fingerprint density at radius 1 is 1.21 bits per heavy atom. The van der Waals surface area contributed by atoms with E-state index in [0.717, 1.165) is 31.6 Å². The molecule has 6 nitrogen and oxygen atoms in total. The van der Waals surface area contributed by atoms with Gasteiger partial charge in [0.2, 0.25) is 0 Å². The summed E-state index contributed by atoms with van der Waals surface area (Å²) in [6.45, 7) is 5.02. The van der Waals surface area contributed by atoms with Gasteiger partial charge < -0.3 is 4.90 Å². The van der Waals surface area contributed by atoms with Crippen LogP contribution >= 0.6 is 0 Å². The van der Waals surface area contributed by atoms with Crippen molar-refractivity contribution in [2.24, 2.45) is 0 Å². The number of hydrogen-bond donors (Lipinski definition) is 2. The van der Waals surface area contributed by atoms with Gasteiger partial charge in [0.25, 0.3) is 10.0 Å². The number of aromatic amines is 1. The first-order chi connectivity index (χ1) is 11.4. The van der Waals surface area contributed by atoms with Crippen LogP contribution in [0, 0.1) is 19.7 Å². The summed E-state index contributed by atoms with van der Waals surface area (Å²) >= 11 is 0. The lowest BCUT2D eigenvalue weighted by Crippen LogP contribution is -2.29. The topological polar surface area (TPSA) is 78.1 Å². The zero-order valence-electron chi connectivity index (χ0n) is 13.8. The molecule has 1 aliphatic rings. The molecule has 0 atom stereocenters. The van der Waals surface area contributed by atoms with Crippen molar-refractivity contribution < 1.29 is 12.8 Å². The molecule has 0 aliphatic carbocycles. The van der Waals surface area contributed by atoms with Crippen molar-refractivity contribution in [3.63, 3.8) is 0 Å². The van der Waals surface area contributed by atoms with E-state index in [0.29, 0.717) is 11.4 Å². The number of aromatic nitrogens is 2. The molecule has 2 aromatic rings. The minimum atomic E-state index is -3.90. The number of aryl methyl sites for hydroxylation is 2. The van der Waals surface area contributed by atoms with Crippen LogP contribution in [0.2, 0.25) is 0 Å². The highest BCUT2D eigenvalue weighted by molar-refractivity contribution is 7.92. The Hall–Kier alpha value is -2.09. The van der Waals surface area contributed by atoms with Crippen LogP contribution in [0.3, 0.4) is 0 Å². The monoisotopic (exact) mass is 352 g/mol. The molecule has 2 heterocycles. The van der Waals surface area contributed by atoms with Crippen LogP contribution in [-0.2, 0) is 10.0 Å². The van der Waals surface area contributed by atoms with Gasteiger partial charge in [0.05, 0.1) is 17.1 Å². The Balaban J connectivity index is 1.92. The first kappa shape index (κ1) is 16.8. The molecular formula is C16H21FN4O2S. The Morgan fingerprint density at radius 2 is 1.92 bits per heavy atom. The van der Waals surface area contributed by atoms with Gasteiger partial charge in [-0.3, -0.25) is 9.82 Å². The molecule has 0 saturated carbocycles. The largest absolute Gasteiger partial charge is 0.371 e. The minimum absolute atomic E-state index is 0.0435. The molecule has 8 heteroatoms. The van der Waals surface area contributed by atoms with E-state index in [1.807, 2.05) is 0 Å². The summed E-state index contributed by atoms with van der Waals surface area (Å²) in [5, 5.41) is 6.53. The summed E-state index contributed by atoms with van der Waals surface area (Å²) < 4.78 is 41.7. The highest BCUT2D eigenvalue weighted by Crippen LogP contribution is 2.28. The molecule has 0 unspecified atom stereocenters. The number of H-pyrrole nitrogens is 1. The van der Waals surface area contributed by atoms with Crippen LogP contribution in [0.4, 0.5) is 15.8 Å². The summed E-state index contributed by atoms with van der Waals surface area (Å²) in [4.78, 5) is 2.21. The fourth-order valence-electron chi connectivity index (χ4n) is 3.07. The lowest BCUT2D eigenvalue weighted by molar-refractivity contribution is 0.576. The molecule has 130 valence electrons. The van der Waals surface area contributed by atoms with E-state index in [9.17, 15) is 12.8 Å². The average Bonchev–Trinajstić information content (AvgIpc) is 2.90. The molecule has 1 aromatic carbocycles. The van der Waals surface area contributed by atoms with Crippen LogP contribution in [0.1, 0.15) is 30.7 Å². The Labute approximate surface area is 141 Å². The molecule has 1 aliphatic heterocycles. The lowest BCUT2D eigenvalue weighted by Gasteiger charge is -2.29. The van der Waals surface area contributed by atoms with Crippen molar-refractivity contribution in [3.8, 4) is 0 Å². The molecule has 3 rings (SSSR count). The molecular weight excluding hydrogens is 331 g/mol. The van der Waals surface area contributed by atoms with Gasteiger partial charge in [-0.15, -0.1) is 0 Å². The highest BCUT2D eigenvalue weighted by atomic mass is 32.2. The van der Waals surface area contributed by atoms with Crippen molar-refractivity contribution in [2.45, 2.75) is 38.0 Å². The van der Waals surface area contributed by atoms with E-state index >= 15 is 0 Å². The summed E-state index contributed by atoms with van der Waals surface area (Å²) in [5.41, 5.74) is 1.56. The summed E-state index contributed by atoms with van der Waals surface area (Å²) in [7, 11) is -3.90. The number of hydrogen-bond acceptors (Lipinski definition) is 4. The number of sulfonamides is 1. The number of piperidine rings is 1. The van der Waals surface area contributed by atoms with Crippen molar-refractivity contribution in [3.05, 3.63) is 35.4 Å². The molecule has 1 aromatic heterocycles. The van der Waals surface area contributed by atoms with E-state index in [4.69, 9.17) is 0 Å². The Bertz CT molecular complexity index is 822. The summed E-state index contributed by atoms with van der Waals surface area (Å²) in [5.74, 6) is -0.599. The SMILES string of the molecule is Cc1n[nH]c(C)c1S(=O)(=O)Nc1cc(N2CCCCC2)ccc1F. The first-order valence-corrected chi connectivity index (χ1v) is 9.46. The van der Waals surface area contributed by atoms with Gasteiger partial charge >= 0.3 is 0 Å². The van der Waals surface area contributed by atoms with Gasteiger partial charge in [-0.05, 0) is 51.3 Å². The minimum Gasteiger partial charge on any atom is -0.371 e. The van der Waals surface area contributed by atoms with Gasteiger partial charge in [-0.2, -0.15) is 5.10 Å².